The van der Waals surface area contributed by atoms with Crippen molar-refractivity contribution in [2.75, 3.05) is 13.0 Å². The number of phenols is 1. The Kier molecular flexibility index (Phi) is 4.18. The second-order valence-corrected chi connectivity index (χ2v) is 3.13. The lowest BCUT2D eigenvalue weighted by Gasteiger charge is -2.03. The van der Waals surface area contributed by atoms with Crippen LogP contribution in [-0.4, -0.2) is 24.1 Å². The number of phenolic OH excluding ortho intramolecular Hbond substituents is 1. The maximum Gasteiger partial charge on any atom is 0.341 e. The molecule has 0 saturated heterocycles. The fourth-order valence-electron chi connectivity index (χ4n) is 1.11. The first kappa shape index (κ1) is 11.6. The molecular weight excluding hydrogens is 216 g/mol. The number of ether oxygens (including phenoxy) is 1. The molecule has 1 aromatic carbocycles. The van der Waals surface area contributed by atoms with Gasteiger partial charge >= 0.3 is 5.97 Å². The Labute approximate surface area is 92.9 Å². The number of aromatic hydroxyl groups is 1. The smallest absolute Gasteiger partial charge is 0.341 e. The van der Waals surface area contributed by atoms with Gasteiger partial charge < -0.3 is 9.84 Å². The zero-order chi connectivity index (χ0) is 11.3. The van der Waals surface area contributed by atoms with Crippen LogP contribution >= 0.6 is 11.6 Å². The number of alkyl halides is 1. The highest BCUT2D eigenvalue weighted by Gasteiger charge is 2.10. The van der Waals surface area contributed by atoms with Crippen molar-refractivity contribution in [3.8, 4) is 5.75 Å². The molecule has 0 heterocycles. The van der Waals surface area contributed by atoms with Crippen LogP contribution in [-0.2, 0) is 4.74 Å². The van der Waals surface area contributed by atoms with Crippen LogP contribution in [0.4, 0.5) is 0 Å². The minimum atomic E-state index is -0.561. The molecule has 80 valence electrons. The maximum absolute atomic E-state index is 11.2. The minimum absolute atomic E-state index is 0.0927. The summed E-state index contributed by atoms with van der Waals surface area (Å²) in [6.07, 6.45) is 3.51. The molecule has 0 aliphatic carbocycles. The summed E-state index contributed by atoms with van der Waals surface area (Å²) in [6.45, 7) is 0. The summed E-state index contributed by atoms with van der Waals surface area (Å²) in [6, 6.07) is 4.68. The van der Waals surface area contributed by atoms with E-state index < -0.39 is 5.97 Å². The molecule has 15 heavy (non-hydrogen) atoms. The van der Waals surface area contributed by atoms with Crippen molar-refractivity contribution in [3.63, 3.8) is 0 Å². The number of allylic oxidation sites excluding steroid dienone is 1. The Morgan fingerprint density at radius 1 is 1.60 bits per heavy atom. The van der Waals surface area contributed by atoms with Crippen molar-refractivity contribution in [1.82, 2.24) is 0 Å². The molecule has 0 atom stereocenters. The van der Waals surface area contributed by atoms with Crippen LogP contribution < -0.4 is 0 Å². The number of methoxy groups -OCH3 is 1. The number of halogens is 1. The van der Waals surface area contributed by atoms with E-state index in [-0.39, 0.29) is 11.3 Å². The number of carbonyl (C=O) groups is 1. The zero-order valence-electron chi connectivity index (χ0n) is 8.24. The summed E-state index contributed by atoms with van der Waals surface area (Å²) < 4.78 is 4.53. The van der Waals surface area contributed by atoms with E-state index in [0.29, 0.717) is 5.88 Å². The second kappa shape index (κ2) is 5.41. The SMILES string of the molecule is COC(=O)c1cc(C=CCCl)ccc1O. The van der Waals surface area contributed by atoms with E-state index in [9.17, 15) is 9.90 Å². The van der Waals surface area contributed by atoms with Gasteiger partial charge in [0.2, 0.25) is 0 Å². The van der Waals surface area contributed by atoms with Gasteiger partial charge in [-0.2, -0.15) is 0 Å². The van der Waals surface area contributed by atoms with Crippen molar-refractivity contribution < 1.29 is 14.6 Å². The monoisotopic (exact) mass is 226 g/mol. The summed E-state index contributed by atoms with van der Waals surface area (Å²) in [5, 5.41) is 9.41. The predicted molar refractivity (Wildman–Crippen MR) is 59.2 cm³/mol. The summed E-state index contributed by atoms with van der Waals surface area (Å²) in [5.74, 6) is -0.257. The highest BCUT2D eigenvalue weighted by molar-refractivity contribution is 6.19. The van der Waals surface area contributed by atoms with Crippen LogP contribution in [0.1, 0.15) is 15.9 Å². The highest BCUT2D eigenvalue weighted by atomic mass is 35.5. The standard InChI is InChI=1S/C11H11ClO3/c1-15-11(14)9-7-8(3-2-6-12)4-5-10(9)13/h2-5,7,13H,6H2,1H3. The van der Waals surface area contributed by atoms with Crippen LogP contribution in [0, 0.1) is 0 Å². The molecule has 0 unspecified atom stereocenters. The molecule has 0 spiro atoms. The van der Waals surface area contributed by atoms with Crippen LogP contribution in [0.5, 0.6) is 5.75 Å². The van der Waals surface area contributed by atoms with Crippen molar-refractivity contribution >= 4 is 23.6 Å². The molecule has 0 radical (unpaired) electrons. The van der Waals surface area contributed by atoms with Crippen LogP contribution in [0.25, 0.3) is 6.08 Å². The molecule has 0 amide bonds. The molecule has 1 rings (SSSR count). The van der Waals surface area contributed by atoms with Gasteiger partial charge in [0.1, 0.15) is 11.3 Å². The Balaban J connectivity index is 3.05. The summed E-state index contributed by atoms with van der Waals surface area (Å²) in [4.78, 5) is 11.2. The van der Waals surface area contributed by atoms with Crippen LogP contribution in [0.15, 0.2) is 24.3 Å². The molecule has 0 aliphatic rings. The van der Waals surface area contributed by atoms with Crippen molar-refractivity contribution in [2.45, 2.75) is 0 Å². The fourth-order valence-corrected chi connectivity index (χ4v) is 1.20. The van der Waals surface area contributed by atoms with E-state index in [1.165, 1.54) is 13.2 Å². The topological polar surface area (TPSA) is 46.5 Å². The Morgan fingerprint density at radius 3 is 2.93 bits per heavy atom. The second-order valence-electron chi connectivity index (χ2n) is 2.82. The Hall–Kier alpha value is -1.48. The molecule has 1 aromatic rings. The number of hydrogen-bond acceptors (Lipinski definition) is 3. The lowest BCUT2D eigenvalue weighted by molar-refractivity contribution is 0.0597. The van der Waals surface area contributed by atoms with Gasteiger partial charge in [0, 0.05) is 5.88 Å². The average Bonchev–Trinajstić information content (AvgIpc) is 2.27. The van der Waals surface area contributed by atoms with Gasteiger partial charge in [-0.25, -0.2) is 4.79 Å². The Bertz CT molecular complexity index is 385. The summed E-state index contributed by atoms with van der Waals surface area (Å²) in [5.41, 5.74) is 0.933. The van der Waals surface area contributed by atoms with Gasteiger partial charge in [0.25, 0.3) is 0 Å². The molecule has 0 saturated carbocycles. The number of esters is 1. The van der Waals surface area contributed by atoms with Gasteiger partial charge in [-0.05, 0) is 17.7 Å². The van der Waals surface area contributed by atoms with E-state index in [4.69, 9.17) is 11.6 Å². The fraction of sp³-hybridized carbons (Fsp3) is 0.182. The highest BCUT2D eigenvalue weighted by Crippen LogP contribution is 2.20. The maximum atomic E-state index is 11.2. The molecule has 0 aromatic heterocycles. The first-order valence-electron chi connectivity index (χ1n) is 4.33. The van der Waals surface area contributed by atoms with Gasteiger partial charge in [-0.15, -0.1) is 11.6 Å². The van der Waals surface area contributed by atoms with Gasteiger partial charge in [0.15, 0.2) is 0 Å². The van der Waals surface area contributed by atoms with Crippen molar-refractivity contribution in [3.05, 3.63) is 35.4 Å². The summed E-state index contributed by atoms with van der Waals surface area (Å²) in [7, 11) is 1.27. The Morgan fingerprint density at radius 2 is 2.33 bits per heavy atom. The minimum Gasteiger partial charge on any atom is -0.507 e. The normalized spacial score (nSPS) is 10.5. The third kappa shape index (κ3) is 2.99. The molecule has 0 bridgehead atoms. The van der Waals surface area contributed by atoms with E-state index >= 15 is 0 Å². The van der Waals surface area contributed by atoms with E-state index in [1.807, 2.05) is 0 Å². The number of benzene rings is 1. The quantitative estimate of drug-likeness (QED) is 0.636. The first-order chi connectivity index (χ1) is 7.19. The zero-order valence-corrected chi connectivity index (χ0v) is 8.99. The van der Waals surface area contributed by atoms with Gasteiger partial charge in [-0.1, -0.05) is 18.2 Å². The third-order valence-corrected chi connectivity index (χ3v) is 2.00. The number of carbonyl (C=O) groups excluding carboxylic acids is 1. The molecule has 1 N–H and O–H groups in total. The number of rotatable bonds is 3. The van der Waals surface area contributed by atoms with E-state index in [0.717, 1.165) is 5.56 Å². The third-order valence-electron chi connectivity index (χ3n) is 1.83. The lowest BCUT2D eigenvalue weighted by Crippen LogP contribution is -2.01. The number of hydrogen-bond donors (Lipinski definition) is 1. The van der Waals surface area contributed by atoms with Crippen LogP contribution in [0.3, 0.4) is 0 Å². The largest absolute Gasteiger partial charge is 0.507 e. The van der Waals surface area contributed by atoms with E-state index in [2.05, 4.69) is 4.74 Å². The average molecular weight is 227 g/mol. The first-order valence-corrected chi connectivity index (χ1v) is 4.86. The molecule has 3 nitrogen and oxygen atoms in total. The van der Waals surface area contributed by atoms with E-state index in [1.54, 1.807) is 24.3 Å². The molecule has 4 heteroatoms. The lowest BCUT2D eigenvalue weighted by atomic mass is 10.1. The van der Waals surface area contributed by atoms with Crippen LogP contribution in [0.2, 0.25) is 0 Å². The van der Waals surface area contributed by atoms with Gasteiger partial charge in [0.05, 0.1) is 7.11 Å². The molecule has 0 fully saturated rings. The van der Waals surface area contributed by atoms with Crippen molar-refractivity contribution in [2.24, 2.45) is 0 Å². The molecular formula is C11H11ClO3. The predicted octanol–water partition coefficient (Wildman–Crippen LogP) is 2.43. The van der Waals surface area contributed by atoms with Crippen molar-refractivity contribution in [1.29, 1.82) is 0 Å². The van der Waals surface area contributed by atoms with Gasteiger partial charge in [-0.3, -0.25) is 0 Å². The molecule has 0 aliphatic heterocycles. The summed E-state index contributed by atoms with van der Waals surface area (Å²) >= 11 is 5.48.